The first-order valence-electron chi connectivity index (χ1n) is 5.92. The summed E-state index contributed by atoms with van der Waals surface area (Å²) in [6, 6.07) is 1.11. The summed E-state index contributed by atoms with van der Waals surface area (Å²) in [7, 11) is -3.21. The molecule has 0 radical (unpaired) electrons. The van der Waals surface area contributed by atoms with Crippen LogP contribution in [0.4, 0.5) is 24.8 Å². The van der Waals surface area contributed by atoms with E-state index in [9.17, 15) is 21.6 Å². The van der Waals surface area contributed by atoms with E-state index in [1.807, 2.05) is 5.32 Å². The highest BCUT2D eigenvalue weighted by Crippen LogP contribution is 2.30. The number of rotatable bonds is 3. The zero-order chi connectivity index (χ0) is 15.8. The number of alkyl halides is 3. The summed E-state index contributed by atoms with van der Waals surface area (Å²) in [5.74, 6) is -0.659. The lowest BCUT2D eigenvalue weighted by Gasteiger charge is -2.10. The van der Waals surface area contributed by atoms with Gasteiger partial charge in [0.15, 0.2) is 15.7 Å². The van der Waals surface area contributed by atoms with Crippen molar-refractivity contribution in [2.24, 2.45) is 0 Å². The summed E-state index contributed by atoms with van der Waals surface area (Å²) in [6.07, 6.45) is -4.21. The third-order valence-electron chi connectivity index (χ3n) is 3.07. The molecule has 11 heteroatoms. The van der Waals surface area contributed by atoms with Crippen molar-refractivity contribution in [3.63, 3.8) is 0 Å². The molecule has 1 aromatic heterocycles. The topological polar surface area (TPSA) is 114 Å². The standard InChI is InChI=1S/C10H12F3N5O2S/c11-10(12,13)5-16-9-7(3-14)8(15)18(17-9)6-1-2-21(19,20)4-6/h6H,1-2,4-5,15H2,(H,16,17). The fraction of sp³-hybridized carbons (Fsp3) is 0.600. The molecule has 3 N–H and O–H groups in total. The van der Waals surface area contributed by atoms with E-state index in [-0.39, 0.29) is 35.1 Å². The maximum Gasteiger partial charge on any atom is 0.405 e. The van der Waals surface area contributed by atoms with Gasteiger partial charge in [-0.05, 0) is 6.42 Å². The van der Waals surface area contributed by atoms with Gasteiger partial charge in [0.05, 0.1) is 17.5 Å². The average molecular weight is 323 g/mol. The van der Waals surface area contributed by atoms with E-state index in [0.717, 1.165) is 4.68 Å². The van der Waals surface area contributed by atoms with Crippen molar-refractivity contribution in [2.45, 2.75) is 18.6 Å². The molecule has 21 heavy (non-hydrogen) atoms. The highest BCUT2D eigenvalue weighted by Gasteiger charge is 2.33. The molecule has 0 amide bonds. The van der Waals surface area contributed by atoms with Crippen LogP contribution in [-0.4, -0.2) is 42.4 Å². The molecule has 0 aromatic carbocycles. The lowest BCUT2D eigenvalue weighted by molar-refractivity contribution is -0.115. The molecule has 0 bridgehead atoms. The zero-order valence-electron chi connectivity index (χ0n) is 10.7. The molecule has 1 aliphatic heterocycles. The van der Waals surface area contributed by atoms with Gasteiger partial charge >= 0.3 is 6.18 Å². The van der Waals surface area contributed by atoms with Crippen LogP contribution in [-0.2, 0) is 9.84 Å². The molecule has 0 saturated carbocycles. The molecule has 1 fully saturated rings. The SMILES string of the molecule is N#Cc1c(NCC(F)(F)F)nn(C2CCS(=O)(=O)C2)c1N. The fourth-order valence-corrected chi connectivity index (χ4v) is 3.80. The van der Waals surface area contributed by atoms with Crippen LogP contribution in [0.5, 0.6) is 0 Å². The predicted molar refractivity (Wildman–Crippen MR) is 68.2 cm³/mol. The molecule has 2 heterocycles. The van der Waals surface area contributed by atoms with Gasteiger partial charge in [-0.25, -0.2) is 13.1 Å². The van der Waals surface area contributed by atoms with E-state index in [2.05, 4.69) is 5.10 Å². The van der Waals surface area contributed by atoms with Crippen molar-refractivity contribution in [3.05, 3.63) is 5.56 Å². The third kappa shape index (κ3) is 3.38. The highest BCUT2D eigenvalue weighted by atomic mass is 32.2. The first-order valence-corrected chi connectivity index (χ1v) is 7.74. The van der Waals surface area contributed by atoms with Gasteiger partial charge in [-0.15, -0.1) is 0 Å². The van der Waals surface area contributed by atoms with Crippen LogP contribution in [0.2, 0.25) is 0 Å². The minimum Gasteiger partial charge on any atom is -0.383 e. The van der Waals surface area contributed by atoms with Crippen LogP contribution < -0.4 is 11.1 Å². The molecular weight excluding hydrogens is 311 g/mol. The average Bonchev–Trinajstić information content (AvgIpc) is 2.86. The quantitative estimate of drug-likeness (QED) is 0.845. The van der Waals surface area contributed by atoms with Crippen molar-refractivity contribution in [1.82, 2.24) is 9.78 Å². The molecule has 1 unspecified atom stereocenters. The number of hydrogen-bond donors (Lipinski definition) is 2. The predicted octanol–water partition coefficient (Wildman–Crippen LogP) is 0.671. The number of nitrogens with zero attached hydrogens (tertiary/aromatic N) is 3. The molecule has 0 aliphatic carbocycles. The molecular formula is C10H12F3N5O2S. The van der Waals surface area contributed by atoms with Crippen LogP contribution in [0.15, 0.2) is 0 Å². The van der Waals surface area contributed by atoms with Crippen LogP contribution in [0.1, 0.15) is 18.0 Å². The maximum atomic E-state index is 12.2. The number of anilines is 2. The van der Waals surface area contributed by atoms with Crippen LogP contribution in [0.25, 0.3) is 0 Å². The van der Waals surface area contributed by atoms with Gasteiger partial charge in [-0.3, -0.25) is 0 Å². The lowest BCUT2D eigenvalue weighted by atomic mass is 10.2. The highest BCUT2D eigenvalue weighted by molar-refractivity contribution is 7.91. The zero-order valence-corrected chi connectivity index (χ0v) is 11.5. The number of nitrogens with one attached hydrogen (secondary N) is 1. The number of nitriles is 1. The van der Waals surface area contributed by atoms with Crippen molar-refractivity contribution >= 4 is 21.5 Å². The summed E-state index contributed by atoms with van der Waals surface area (Å²) >= 11 is 0. The molecule has 0 spiro atoms. The smallest absolute Gasteiger partial charge is 0.383 e. The minimum absolute atomic E-state index is 0.0375. The van der Waals surface area contributed by atoms with Crippen molar-refractivity contribution in [2.75, 3.05) is 29.1 Å². The van der Waals surface area contributed by atoms with E-state index in [1.54, 1.807) is 6.07 Å². The van der Waals surface area contributed by atoms with Gasteiger partial charge in [0.1, 0.15) is 24.0 Å². The van der Waals surface area contributed by atoms with Crippen molar-refractivity contribution in [3.8, 4) is 6.07 Å². The number of hydrogen-bond acceptors (Lipinski definition) is 6. The number of nitrogens with two attached hydrogens (primary N) is 1. The van der Waals surface area contributed by atoms with E-state index in [1.165, 1.54) is 0 Å². The second-order valence-electron chi connectivity index (χ2n) is 4.69. The van der Waals surface area contributed by atoms with Gasteiger partial charge < -0.3 is 11.1 Å². The Balaban J connectivity index is 2.29. The number of aromatic nitrogens is 2. The summed E-state index contributed by atoms with van der Waals surface area (Å²) in [4.78, 5) is 0. The van der Waals surface area contributed by atoms with Crippen molar-refractivity contribution < 1.29 is 21.6 Å². The molecule has 1 atom stereocenters. The van der Waals surface area contributed by atoms with E-state index >= 15 is 0 Å². The van der Waals surface area contributed by atoms with Gasteiger partial charge in [-0.2, -0.15) is 23.5 Å². The Hall–Kier alpha value is -1.96. The number of sulfone groups is 1. The lowest BCUT2D eigenvalue weighted by Crippen LogP contribution is -2.22. The monoisotopic (exact) mass is 323 g/mol. The summed E-state index contributed by atoms with van der Waals surface area (Å²) in [5.41, 5.74) is 5.47. The fourth-order valence-electron chi connectivity index (χ4n) is 2.11. The summed E-state index contributed by atoms with van der Waals surface area (Å²) < 4.78 is 60.6. The van der Waals surface area contributed by atoms with Gasteiger partial charge in [0.2, 0.25) is 0 Å². The first kappa shape index (κ1) is 15.4. The normalized spacial score (nSPS) is 21.1. The number of nitrogen functional groups attached to an aromatic ring is 1. The Bertz CT molecular complexity index is 689. The Morgan fingerprint density at radius 2 is 2.19 bits per heavy atom. The molecule has 1 aliphatic rings. The van der Waals surface area contributed by atoms with E-state index in [4.69, 9.17) is 11.0 Å². The van der Waals surface area contributed by atoms with Crippen LogP contribution in [0, 0.1) is 11.3 Å². The Morgan fingerprint density at radius 1 is 1.52 bits per heavy atom. The Kier molecular flexibility index (Phi) is 3.75. The maximum absolute atomic E-state index is 12.2. The molecule has 116 valence electrons. The van der Waals surface area contributed by atoms with Crippen LogP contribution >= 0.6 is 0 Å². The van der Waals surface area contributed by atoms with E-state index in [0.29, 0.717) is 0 Å². The summed E-state index contributed by atoms with van der Waals surface area (Å²) in [5, 5.41) is 14.8. The Labute approximate surface area is 118 Å². The van der Waals surface area contributed by atoms with Gasteiger partial charge in [0, 0.05) is 0 Å². The second-order valence-corrected chi connectivity index (χ2v) is 6.92. The third-order valence-corrected chi connectivity index (χ3v) is 4.82. The van der Waals surface area contributed by atoms with Crippen LogP contribution in [0.3, 0.4) is 0 Å². The number of halogens is 3. The molecule has 7 nitrogen and oxygen atoms in total. The largest absolute Gasteiger partial charge is 0.405 e. The summed E-state index contributed by atoms with van der Waals surface area (Å²) in [6.45, 7) is -1.36. The van der Waals surface area contributed by atoms with Crippen molar-refractivity contribution in [1.29, 1.82) is 5.26 Å². The first-order chi connectivity index (χ1) is 9.63. The molecule has 2 rings (SSSR count). The second kappa shape index (κ2) is 5.10. The minimum atomic E-state index is -4.47. The molecule has 1 saturated heterocycles. The Morgan fingerprint density at radius 3 is 2.67 bits per heavy atom. The van der Waals surface area contributed by atoms with E-state index < -0.39 is 28.6 Å². The van der Waals surface area contributed by atoms with Gasteiger partial charge in [-0.1, -0.05) is 0 Å². The molecule has 1 aromatic rings. The van der Waals surface area contributed by atoms with Gasteiger partial charge in [0.25, 0.3) is 0 Å².